The van der Waals surface area contributed by atoms with Crippen molar-refractivity contribution in [3.8, 4) is 11.5 Å². The highest BCUT2D eigenvalue weighted by atomic mass is 16.7. The van der Waals surface area contributed by atoms with Crippen molar-refractivity contribution in [3.63, 3.8) is 0 Å². The van der Waals surface area contributed by atoms with Crippen molar-refractivity contribution in [2.24, 2.45) is 5.73 Å². The van der Waals surface area contributed by atoms with E-state index in [2.05, 4.69) is 0 Å². The van der Waals surface area contributed by atoms with Crippen LogP contribution in [-0.4, -0.2) is 25.5 Å². The van der Waals surface area contributed by atoms with Crippen LogP contribution in [0.25, 0.3) is 0 Å². The van der Waals surface area contributed by atoms with Crippen LogP contribution in [0.3, 0.4) is 0 Å². The van der Waals surface area contributed by atoms with E-state index in [-0.39, 0.29) is 12.9 Å². The van der Waals surface area contributed by atoms with E-state index in [1.54, 1.807) is 12.1 Å². The lowest BCUT2D eigenvalue weighted by atomic mass is 9.79. The van der Waals surface area contributed by atoms with Gasteiger partial charge in [0.15, 0.2) is 11.5 Å². The third kappa shape index (κ3) is 1.16. The molecular formula is C9H10BNO4. The fourth-order valence-corrected chi connectivity index (χ4v) is 2.03. The fourth-order valence-electron chi connectivity index (χ4n) is 2.03. The zero-order valence-electron chi connectivity index (χ0n) is 7.97. The predicted molar refractivity (Wildman–Crippen MR) is 53.1 cm³/mol. The summed E-state index contributed by atoms with van der Waals surface area (Å²) in [7, 11) is -0.914. The highest BCUT2D eigenvalue weighted by Gasteiger charge is 2.39. The molecule has 2 heterocycles. The molecule has 0 saturated carbocycles. The molecule has 2 aliphatic rings. The van der Waals surface area contributed by atoms with E-state index in [1.165, 1.54) is 0 Å². The summed E-state index contributed by atoms with van der Waals surface area (Å²) in [6.07, 6.45) is -0.313. The molecule has 0 aromatic heterocycles. The first kappa shape index (κ1) is 9.02. The van der Waals surface area contributed by atoms with Crippen LogP contribution in [0.5, 0.6) is 11.5 Å². The zero-order valence-corrected chi connectivity index (χ0v) is 7.97. The third-order valence-electron chi connectivity index (χ3n) is 2.71. The van der Waals surface area contributed by atoms with Crippen LogP contribution in [0.15, 0.2) is 12.1 Å². The first-order chi connectivity index (χ1) is 7.31. The van der Waals surface area contributed by atoms with E-state index in [0.29, 0.717) is 18.0 Å². The van der Waals surface area contributed by atoms with E-state index >= 15 is 0 Å². The molecule has 0 bridgehead atoms. The second kappa shape index (κ2) is 3.13. The Bertz CT molecular complexity index is 411. The van der Waals surface area contributed by atoms with Gasteiger partial charge in [0.2, 0.25) is 6.79 Å². The molecule has 2 aliphatic heterocycles. The third-order valence-corrected chi connectivity index (χ3v) is 2.71. The molecule has 1 atom stereocenters. The van der Waals surface area contributed by atoms with Gasteiger partial charge in [-0.15, -0.1) is 0 Å². The molecule has 1 aromatic carbocycles. The molecule has 5 nitrogen and oxygen atoms in total. The van der Waals surface area contributed by atoms with Gasteiger partial charge < -0.3 is 24.9 Å². The zero-order chi connectivity index (χ0) is 10.4. The largest absolute Gasteiger partial charge is 0.492 e. The molecule has 0 saturated heterocycles. The molecule has 0 amide bonds. The average Bonchev–Trinajstić information content (AvgIpc) is 2.81. The average molecular weight is 207 g/mol. The molecular weight excluding hydrogens is 197 g/mol. The van der Waals surface area contributed by atoms with Gasteiger partial charge in [-0.05, 0) is 11.5 Å². The van der Waals surface area contributed by atoms with Crippen LogP contribution < -0.4 is 20.7 Å². The Balaban J connectivity index is 2.18. The summed E-state index contributed by atoms with van der Waals surface area (Å²) in [6, 6.07) is 3.55. The van der Waals surface area contributed by atoms with Gasteiger partial charge in [0.05, 0.1) is 6.10 Å². The summed E-state index contributed by atoms with van der Waals surface area (Å²) in [5.74, 6) is 1.34. The smallest absolute Gasteiger partial charge is 0.454 e. The molecule has 0 fully saturated rings. The predicted octanol–water partition coefficient (Wildman–Crippen LogP) is -0.867. The van der Waals surface area contributed by atoms with Crippen LogP contribution in [0.4, 0.5) is 0 Å². The Hall–Kier alpha value is -1.24. The molecule has 3 N–H and O–H groups in total. The molecule has 3 rings (SSSR count). The summed E-state index contributed by atoms with van der Waals surface area (Å²) in [4.78, 5) is 0. The SMILES string of the molecule is NCC1OB(O)c2ccc3c(c21)OCO3. The van der Waals surface area contributed by atoms with Crippen molar-refractivity contribution < 1.29 is 19.2 Å². The van der Waals surface area contributed by atoms with Crippen molar-refractivity contribution >= 4 is 12.6 Å². The molecule has 0 aliphatic carbocycles. The quantitative estimate of drug-likeness (QED) is 0.585. The van der Waals surface area contributed by atoms with Gasteiger partial charge in [0.25, 0.3) is 0 Å². The molecule has 15 heavy (non-hydrogen) atoms. The summed E-state index contributed by atoms with van der Waals surface area (Å²) in [6.45, 7) is 0.517. The number of rotatable bonds is 1. The second-order valence-electron chi connectivity index (χ2n) is 3.52. The topological polar surface area (TPSA) is 73.9 Å². The monoisotopic (exact) mass is 207 g/mol. The fraction of sp³-hybridized carbons (Fsp3) is 0.333. The summed E-state index contributed by atoms with van der Waals surface area (Å²) >= 11 is 0. The first-order valence-electron chi connectivity index (χ1n) is 4.77. The highest BCUT2D eigenvalue weighted by Crippen LogP contribution is 2.40. The van der Waals surface area contributed by atoms with E-state index in [0.717, 1.165) is 11.0 Å². The normalized spacial score (nSPS) is 22.0. The number of hydrogen-bond acceptors (Lipinski definition) is 5. The first-order valence-corrected chi connectivity index (χ1v) is 4.77. The second-order valence-corrected chi connectivity index (χ2v) is 3.52. The Morgan fingerprint density at radius 3 is 3.13 bits per heavy atom. The van der Waals surface area contributed by atoms with Crippen LogP contribution in [0.1, 0.15) is 11.7 Å². The molecule has 6 heteroatoms. The minimum atomic E-state index is -0.914. The molecule has 0 radical (unpaired) electrons. The van der Waals surface area contributed by atoms with Crippen LogP contribution >= 0.6 is 0 Å². The maximum atomic E-state index is 9.64. The van der Waals surface area contributed by atoms with Gasteiger partial charge in [-0.25, -0.2) is 0 Å². The lowest BCUT2D eigenvalue weighted by molar-refractivity contribution is 0.166. The molecule has 78 valence electrons. The van der Waals surface area contributed by atoms with Gasteiger partial charge in [-0.1, -0.05) is 6.07 Å². The number of hydrogen-bond donors (Lipinski definition) is 2. The van der Waals surface area contributed by atoms with E-state index in [9.17, 15) is 5.02 Å². The highest BCUT2D eigenvalue weighted by molar-refractivity contribution is 6.62. The minimum Gasteiger partial charge on any atom is -0.454 e. The van der Waals surface area contributed by atoms with E-state index in [1.807, 2.05) is 0 Å². The van der Waals surface area contributed by atoms with Gasteiger partial charge >= 0.3 is 7.12 Å². The molecule has 0 spiro atoms. The number of benzene rings is 1. The van der Waals surface area contributed by atoms with Crippen LogP contribution in [-0.2, 0) is 4.65 Å². The number of ether oxygens (including phenoxy) is 2. The standard InChI is InChI=1S/C9H10BNO4/c11-3-7-8-5(10(12)15-7)1-2-6-9(8)14-4-13-6/h1-2,7,12H,3-4,11H2. The maximum absolute atomic E-state index is 9.64. The van der Waals surface area contributed by atoms with Crippen molar-refractivity contribution in [1.82, 2.24) is 0 Å². The van der Waals surface area contributed by atoms with Gasteiger partial charge in [-0.3, -0.25) is 0 Å². The molecule has 1 aromatic rings. The van der Waals surface area contributed by atoms with Gasteiger partial charge in [0.1, 0.15) is 0 Å². The summed E-state index contributed by atoms with van der Waals surface area (Å²) in [5.41, 5.74) is 7.11. The number of nitrogens with two attached hydrogens (primary N) is 1. The van der Waals surface area contributed by atoms with Crippen molar-refractivity contribution in [1.29, 1.82) is 0 Å². The Kier molecular flexibility index (Phi) is 1.88. The molecule has 1 unspecified atom stereocenters. The lowest BCUT2D eigenvalue weighted by Crippen LogP contribution is -2.27. The van der Waals surface area contributed by atoms with E-state index in [4.69, 9.17) is 19.9 Å². The van der Waals surface area contributed by atoms with Crippen LogP contribution in [0, 0.1) is 0 Å². The Morgan fingerprint density at radius 2 is 2.33 bits per heavy atom. The van der Waals surface area contributed by atoms with Gasteiger partial charge in [0, 0.05) is 12.1 Å². The summed E-state index contributed by atoms with van der Waals surface area (Å²) < 4.78 is 15.9. The van der Waals surface area contributed by atoms with E-state index < -0.39 is 7.12 Å². The lowest BCUT2D eigenvalue weighted by Gasteiger charge is -2.10. The maximum Gasteiger partial charge on any atom is 0.492 e. The van der Waals surface area contributed by atoms with Crippen molar-refractivity contribution in [2.75, 3.05) is 13.3 Å². The van der Waals surface area contributed by atoms with Crippen LogP contribution in [0.2, 0.25) is 0 Å². The minimum absolute atomic E-state index is 0.208. The number of fused-ring (bicyclic) bond motifs is 3. The van der Waals surface area contributed by atoms with Crippen molar-refractivity contribution in [3.05, 3.63) is 17.7 Å². The Labute approximate surface area is 86.9 Å². The summed E-state index contributed by atoms with van der Waals surface area (Å²) in [5, 5.41) is 9.64. The Morgan fingerprint density at radius 1 is 1.47 bits per heavy atom. The van der Waals surface area contributed by atoms with Gasteiger partial charge in [-0.2, -0.15) is 0 Å². The van der Waals surface area contributed by atoms with Crippen molar-refractivity contribution in [2.45, 2.75) is 6.10 Å².